The van der Waals surface area contributed by atoms with Crippen LogP contribution in [0.2, 0.25) is 0 Å². The third kappa shape index (κ3) is 4.17. The van der Waals surface area contributed by atoms with E-state index in [1.54, 1.807) is 25.3 Å². The standard InChI is InChI=1S/C24H21N3O3/c1-30-19-13-12-17-14-21(26-20(17)15-19)23(28)27-22(16-8-4-2-5-9-16)24(29)25-18-10-6-3-7-11-18/h2-15,22,26H,1H3,(H,25,29)(H,27,28). The fourth-order valence-electron chi connectivity index (χ4n) is 3.25. The van der Waals surface area contributed by atoms with E-state index in [0.29, 0.717) is 22.7 Å². The van der Waals surface area contributed by atoms with Gasteiger partial charge in [0.1, 0.15) is 17.5 Å². The third-order valence-corrected chi connectivity index (χ3v) is 4.79. The predicted octanol–water partition coefficient (Wildman–Crippen LogP) is 4.29. The maximum Gasteiger partial charge on any atom is 0.268 e. The van der Waals surface area contributed by atoms with Gasteiger partial charge in [-0.05, 0) is 35.9 Å². The molecule has 30 heavy (non-hydrogen) atoms. The topological polar surface area (TPSA) is 83.2 Å². The van der Waals surface area contributed by atoms with Crippen LogP contribution in [0.15, 0.2) is 84.9 Å². The number of hydrogen-bond acceptors (Lipinski definition) is 3. The summed E-state index contributed by atoms with van der Waals surface area (Å²) in [5.41, 5.74) is 2.50. The Morgan fingerprint density at radius 3 is 2.30 bits per heavy atom. The van der Waals surface area contributed by atoms with Gasteiger partial charge >= 0.3 is 0 Å². The molecule has 0 aliphatic rings. The average molecular weight is 399 g/mol. The van der Waals surface area contributed by atoms with Crippen LogP contribution in [0.3, 0.4) is 0 Å². The molecule has 0 saturated heterocycles. The van der Waals surface area contributed by atoms with E-state index in [9.17, 15) is 9.59 Å². The lowest BCUT2D eigenvalue weighted by atomic mass is 10.1. The summed E-state index contributed by atoms with van der Waals surface area (Å²) in [6.07, 6.45) is 0. The van der Waals surface area contributed by atoms with Crippen molar-refractivity contribution in [1.82, 2.24) is 10.3 Å². The molecular weight excluding hydrogens is 378 g/mol. The maximum atomic E-state index is 13.0. The lowest BCUT2D eigenvalue weighted by Crippen LogP contribution is -2.37. The smallest absolute Gasteiger partial charge is 0.268 e. The zero-order chi connectivity index (χ0) is 20.9. The van der Waals surface area contributed by atoms with Crippen molar-refractivity contribution >= 4 is 28.4 Å². The Morgan fingerprint density at radius 2 is 1.60 bits per heavy atom. The summed E-state index contributed by atoms with van der Waals surface area (Å²) in [4.78, 5) is 29.0. The summed E-state index contributed by atoms with van der Waals surface area (Å²) >= 11 is 0. The van der Waals surface area contributed by atoms with Crippen molar-refractivity contribution in [3.8, 4) is 5.75 Å². The van der Waals surface area contributed by atoms with Crippen molar-refractivity contribution in [2.24, 2.45) is 0 Å². The van der Waals surface area contributed by atoms with Crippen LogP contribution in [0, 0.1) is 0 Å². The number of aromatic nitrogens is 1. The summed E-state index contributed by atoms with van der Waals surface area (Å²) < 4.78 is 5.23. The van der Waals surface area contributed by atoms with Crippen LogP contribution in [0.4, 0.5) is 5.69 Å². The Bertz CT molecular complexity index is 1170. The summed E-state index contributed by atoms with van der Waals surface area (Å²) in [7, 11) is 1.59. The van der Waals surface area contributed by atoms with Crippen molar-refractivity contribution in [2.45, 2.75) is 6.04 Å². The summed E-state index contributed by atoms with van der Waals surface area (Å²) in [6.45, 7) is 0. The second kappa shape index (κ2) is 8.53. The van der Waals surface area contributed by atoms with Gasteiger partial charge in [0.15, 0.2) is 0 Å². The van der Waals surface area contributed by atoms with Gasteiger partial charge in [0.2, 0.25) is 0 Å². The molecule has 4 aromatic rings. The van der Waals surface area contributed by atoms with E-state index in [4.69, 9.17) is 4.74 Å². The van der Waals surface area contributed by atoms with Gasteiger partial charge < -0.3 is 20.4 Å². The van der Waals surface area contributed by atoms with Crippen molar-refractivity contribution < 1.29 is 14.3 Å². The van der Waals surface area contributed by atoms with E-state index in [1.807, 2.05) is 66.7 Å². The van der Waals surface area contributed by atoms with Gasteiger partial charge in [-0.15, -0.1) is 0 Å². The van der Waals surface area contributed by atoms with Crippen LogP contribution in [0.25, 0.3) is 10.9 Å². The number of nitrogens with one attached hydrogen (secondary N) is 3. The molecule has 0 saturated carbocycles. The summed E-state index contributed by atoms with van der Waals surface area (Å²) in [5, 5.41) is 6.58. The van der Waals surface area contributed by atoms with Crippen LogP contribution < -0.4 is 15.4 Å². The van der Waals surface area contributed by atoms with Crippen molar-refractivity contribution in [2.75, 3.05) is 12.4 Å². The molecule has 1 aromatic heterocycles. The first-order valence-electron chi connectivity index (χ1n) is 9.52. The first-order valence-corrected chi connectivity index (χ1v) is 9.52. The van der Waals surface area contributed by atoms with Gasteiger partial charge in [0, 0.05) is 22.7 Å². The molecule has 2 amide bonds. The van der Waals surface area contributed by atoms with Gasteiger partial charge in [-0.2, -0.15) is 0 Å². The number of carbonyl (C=O) groups is 2. The number of anilines is 1. The van der Waals surface area contributed by atoms with Gasteiger partial charge in [0.05, 0.1) is 7.11 Å². The van der Waals surface area contributed by atoms with Crippen LogP contribution >= 0.6 is 0 Å². The van der Waals surface area contributed by atoms with Gasteiger partial charge in [-0.25, -0.2) is 0 Å². The highest BCUT2D eigenvalue weighted by molar-refractivity contribution is 6.03. The number of carbonyl (C=O) groups excluding carboxylic acids is 2. The molecule has 1 unspecified atom stereocenters. The zero-order valence-corrected chi connectivity index (χ0v) is 16.4. The van der Waals surface area contributed by atoms with Crippen molar-refractivity contribution in [3.63, 3.8) is 0 Å². The first-order chi connectivity index (χ1) is 14.6. The van der Waals surface area contributed by atoms with Crippen LogP contribution in [0.5, 0.6) is 5.75 Å². The fourth-order valence-corrected chi connectivity index (χ4v) is 3.25. The number of amides is 2. The molecule has 0 aliphatic heterocycles. The number of hydrogen-bond donors (Lipinski definition) is 3. The van der Waals surface area contributed by atoms with Crippen LogP contribution in [-0.4, -0.2) is 23.9 Å². The highest BCUT2D eigenvalue weighted by Crippen LogP contribution is 2.22. The van der Waals surface area contributed by atoms with Gasteiger partial charge in [-0.3, -0.25) is 9.59 Å². The molecule has 0 spiro atoms. The van der Waals surface area contributed by atoms with E-state index in [-0.39, 0.29) is 11.8 Å². The number of rotatable bonds is 6. The van der Waals surface area contributed by atoms with Crippen LogP contribution in [-0.2, 0) is 4.79 Å². The van der Waals surface area contributed by atoms with Gasteiger partial charge in [0.25, 0.3) is 11.8 Å². The number of ether oxygens (including phenoxy) is 1. The fraction of sp³-hybridized carbons (Fsp3) is 0.0833. The lowest BCUT2D eigenvalue weighted by Gasteiger charge is -2.18. The average Bonchev–Trinajstić information content (AvgIpc) is 3.22. The second-order valence-corrected chi connectivity index (χ2v) is 6.81. The lowest BCUT2D eigenvalue weighted by molar-refractivity contribution is -0.118. The molecule has 0 radical (unpaired) electrons. The largest absolute Gasteiger partial charge is 0.497 e. The molecule has 150 valence electrons. The normalized spacial score (nSPS) is 11.6. The van der Waals surface area contributed by atoms with E-state index < -0.39 is 6.04 Å². The first kappa shape index (κ1) is 19.3. The Hall–Kier alpha value is -4.06. The van der Waals surface area contributed by atoms with E-state index in [2.05, 4.69) is 15.6 Å². The molecule has 3 aromatic carbocycles. The predicted molar refractivity (Wildman–Crippen MR) is 117 cm³/mol. The molecule has 0 bridgehead atoms. The molecule has 0 aliphatic carbocycles. The van der Waals surface area contributed by atoms with E-state index in [0.717, 1.165) is 10.9 Å². The minimum atomic E-state index is -0.847. The molecular formula is C24H21N3O3. The number of aromatic amines is 1. The molecule has 0 fully saturated rings. The quantitative estimate of drug-likeness (QED) is 0.452. The Balaban J connectivity index is 1.59. The maximum absolute atomic E-state index is 13.0. The highest BCUT2D eigenvalue weighted by atomic mass is 16.5. The van der Waals surface area contributed by atoms with Crippen molar-refractivity contribution in [1.29, 1.82) is 0 Å². The molecule has 6 heteroatoms. The highest BCUT2D eigenvalue weighted by Gasteiger charge is 2.24. The Morgan fingerprint density at radius 1 is 0.900 bits per heavy atom. The molecule has 1 heterocycles. The molecule has 6 nitrogen and oxygen atoms in total. The minimum Gasteiger partial charge on any atom is -0.497 e. The monoisotopic (exact) mass is 399 g/mol. The number of para-hydroxylation sites is 1. The minimum absolute atomic E-state index is 0.321. The van der Waals surface area contributed by atoms with E-state index >= 15 is 0 Å². The number of fused-ring (bicyclic) bond motifs is 1. The molecule has 1 atom stereocenters. The molecule has 4 rings (SSSR count). The second-order valence-electron chi connectivity index (χ2n) is 6.81. The Kier molecular flexibility index (Phi) is 5.48. The van der Waals surface area contributed by atoms with Gasteiger partial charge in [-0.1, -0.05) is 48.5 Å². The SMILES string of the molecule is COc1ccc2cc(C(=O)NC(C(=O)Nc3ccccc3)c3ccccc3)[nH]c2c1. The Labute approximate surface area is 173 Å². The number of benzene rings is 3. The zero-order valence-electron chi connectivity index (χ0n) is 16.4. The molecule has 3 N–H and O–H groups in total. The summed E-state index contributed by atoms with van der Waals surface area (Å²) in [6, 6.07) is 24.7. The number of methoxy groups -OCH3 is 1. The van der Waals surface area contributed by atoms with Crippen LogP contribution in [0.1, 0.15) is 22.1 Å². The third-order valence-electron chi connectivity index (χ3n) is 4.79. The number of H-pyrrole nitrogens is 1. The van der Waals surface area contributed by atoms with E-state index in [1.165, 1.54) is 0 Å². The summed E-state index contributed by atoms with van der Waals surface area (Å²) in [5.74, 6) is 0.00136. The van der Waals surface area contributed by atoms with Crippen molar-refractivity contribution in [3.05, 3.63) is 96.2 Å².